The van der Waals surface area contributed by atoms with Gasteiger partial charge < -0.3 is 15.0 Å². The van der Waals surface area contributed by atoms with Crippen molar-refractivity contribution in [1.82, 2.24) is 14.5 Å². The number of carbonyl (C=O) groups is 1. The van der Waals surface area contributed by atoms with Gasteiger partial charge in [-0.25, -0.2) is 8.42 Å². The summed E-state index contributed by atoms with van der Waals surface area (Å²) < 4.78 is 56.8. The average molecular weight is 389 g/mol. The third-order valence-electron chi connectivity index (χ3n) is 4.61. The highest BCUT2D eigenvalue weighted by atomic mass is 32.2. The normalized spacial score (nSPS) is 22.7. The summed E-state index contributed by atoms with van der Waals surface area (Å²) >= 11 is 0. The number of piperazine rings is 1. The molecule has 0 radical (unpaired) electrons. The second kappa shape index (κ2) is 7.85. The number of sulfonamides is 1. The summed E-state index contributed by atoms with van der Waals surface area (Å²) in [5.74, 6) is -0.426. The van der Waals surface area contributed by atoms with Crippen LogP contribution in [0.4, 0.5) is 8.78 Å². The monoisotopic (exact) mass is 389 g/mol. The molecule has 2 aliphatic rings. The first kappa shape index (κ1) is 19.0. The minimum Gasteiger partial charge on any atom is -0.433 e. The zero-order valence-corrected chi connectivity index (χ0v) is 14.9. The van der Waals surface area contributed by atoms with E-state index in [0.717, 1.165) is 0 Å². The lowest BCUT2D eigenvalue weighted by Crippen LogP contribution is -2.57. The Morgan fingerprint density at radius 1 is 1.23 bits per heavy atom. The smallest absolute Gasteiger partial charge is 0.387 e. The van der Waals surface area contributed by atoms with Crippen molar-refractivity contribution in [2.24, 2.45) is 0 Å². The Bertz CT molecular complexity index is 760. The summed E-state index contributed by atoms with van der Waals surface area (Å²) in [6.45, 7) is -1.24. The number of benzene rings is 1. The molecule has 0 spiro atoms. The van der Waals surface area contributed by atoms with Gasteiger partial charge in [-0.3, -0.25) is 4.79 Å². The van der Waals surface area contributed by atoms with Crippen molar-refractivity contribution in [2.45, 2.75) is 30.4 Å². The van der Waals surface area contributed by atoms with Gasteiger partial charge in [0.1, 0.15) is 10.6 Å². The number of carbonyl (C=O) groups excluding carboxylic acids is 1. The highest BCUT2D eigenvalue weighted by Crippen LogP contribution is 2.30. The number of amides is 1. The number of hydrogen-bond donors (Lipinski definition) is 1. The highest BCUT2D eigenvalue weighted by Gasteiger charge is 2.36. The molecule has 0 aliphatic carbocycles. The van der Waals surface area contributed by atoms with Crippen molar-refractivity contribution in [3.05, 3.63) is 24.3 Å². The van der Waals surface area contributed by atoms with Crippen LogP contribution in [0.25, 0.3) is 0 Å². The fraction of sp³-hybridized carbons (Fsp3) is 0.562. The van der Waals surface area contributed by atoms with Crippen molar-refractivity contribution in [1.29, 1.82) is 0 Å². The lowest BCUT2D eigenvalue weighted by Gasteiger charge is -2.40. The van der Waals surface area contributed by atoms with E-state index in [1.807, 2.05) is 0 Å². The van der Waals surface area contributed by atoms with Gasteiger partial charge in [0.05, 0.1) is 6.54 Å². The van der Waals surface area contributed by atoms with Gasteiger partial charge in [0.15, 0.2) is 0 Å². The van der Waals surface area contributed by atoms with Crippen LogP contribution in [0.3, 0.4) is 0 Å². The second-order valence-electron chi connectivity index (χ2n) is 6.25. The summed E-state index contributed by atoms with van der Waals surface area (Å²) in [4.78, 5) is 13.5. The molecule has 2 fully saturated rings. The van der Waals surface area contributed by atoms with Crippen molar-refractivity contribution < 1.29 is 26.7 Å². The molecular formula is C16H21F2N3O4S. The van der Waals surface area contributed by atoms with E-state index in [1.165, 1.54) is 28.6 Å². The average Bonchev–Trinajstić information content (AvgIpc) is 2.62. The molecule has 26 heavy (non-hydrogen) atoms. The standard InChI is InChI=1S/C16H21F2N3O4S/c17-16(18)25-13-5-1-2-6-14(13)26(23,24)20-8-3-4-12(11-20)21-9-7-19-10-15(21)22/h1-2,5-6,12,16,19H,3-4,7-11H2. The Morgan fingerprint density at radius 3 is 2.73 bits per heavy atom. The van der Waals surface area contributed by atoms with E-state index < -0.39 is 16.6 Å². The van der Waals surface area contributed by atoms with E-state index in [-0.39, 0.29) is 42.2 Å². The first-order chi connectivity index (χ1) is 12.4. The largest absolute Gasteiger partial charge is 0.433 e. The van der Waals surface area contributed by atoms with E-state index >= 15 is 0 Å². The van der Waals surface area contributed by atoms with E-state index in [0.29, 0.717) is 25.9 Å². The number of nitrogens with one attached hydrogen (secondary N) is 1. The molecule has 1 aromatic carbocycles. The van der Waals surface area contributed by atoms with Crippen LogP contribution in [0.5, 0.6) is 5.75 Å². The highest BCUT2D eigenvalue weighted by molar-refractivity contribution is 7.89. The van der Waals surface area contributed by atoms with Crippen LogP contribution in [0.2, 0.25) is 0 Å². The van der Waals surface area contributed by atoms with Gasteiger partial charge in [-0.2, -0.15) is 13.1 Å². The van der Waals surface area contributed by atoms with Crippen LogP contribution in [-0.2, 0) is 14.8 Å². The van der Waals surface area contributed by atoms with Gasteiger partial charge in [-0.1, -0.05) is 12.1 Å². The summed E-state index contributed by atoms with van der Waals surface area (Å²) in [6.07, 6.45) is 1.31. The number of halogens is 2. The van der Waals surface area contributed by atoms with Crippen molar-refractivity contribution in [3.63, 3.8) is 0 Å². The zero-order valence-electron chi connectivity index (χ0n) is 14.1. The molecule has 1 N–H and O–H groups in total. The number of piperidine rings is 1. The molecular weight excluding hydrogens is 368 g/mol. The Balaban J connectivity index is 1.82. The van der Waals surface area contributed by atoms with Crippen LogP contribution in [0.15, 0.2) is 29.2 Å². The Kier molecular flexibility index (Phi) is 5.73. The number of alkyl halides is 2. The molecule has 1 aromatic rings. The number of rotatable bonds is 5. The molecule has 1 amide bonds. The van der Waals surface area contributed by atoms with E-state index in [1.54, 1.807) is 4.90 Å². The predicted molar refractivity (Wildman–Crippen MR) is 89.4 cm³/mol. The lowest BCUT2D eigenvalue weighted by molar-refractivity contribution is -0.135. The second-order valence-corrected chi connectivity index (χ2v) is 8.15. The van der Waals surface area contributed by atoms with Gasteiger partial charge in [0.2, 0.25) is 15.9 Å². The van der Waals surface area contributed by atoms with Gasteiger partial charge in [0, 0.05) is 32.2 Å². The summed E-state index contributed by atoms with van der Waals surface area (Å²) in [6, 6.07) is 5.16. The zero-order chi connectivity index (χ0) is 18.7. The van der Waals surface area contributed by atoms with E-state index in [9.17, 15) is 22.0 Å². The SMILES string of the molecule is O=C1CNCCN1C1CCCN(S(=O)(=O)c2ccccc2OC(F)F)C1. The topological polar surface area (TPSA) is 79.0 Å². The quantitative estimate of drug-likeness (QED) is 0.809. The van der Waals surface area contributed by atoms with Crippen LogP contribution in [0.1, 0.15) is 12.8 Å². The van der Waals surface area contributed by atoms with Crippen LogP contribution in [-0.4, -0.2) is 68.9 Å². The Morgan fingerprint density at radius 2 is 2.00 bits per heavy atom. The van der Waals surface area contributed by atoms with Crippen molar-refractivity contribution >= 4 is 15.9 Å². The van der Waals surface area contributed by atoms with Gasteiger partial charge >= 0.3 is 6.61 Å². The molecule has 1 unspecified atom stereocenters. The van der Waals surface area contributed by atoms with Crippen LogP contribution < -0.4 is 10.1 Å². The lowest BCUT2D eigenvalue weighted by atomic mass is 10.1. The third kappa shape index (κ3) is 3.97. The molecule has 2 aliphatic heterocycles. The fourth-order valence-corrected chi connectivity index (χ4v) is 5.03. The third-order valence-corrected chi connectivity index (χ3v) is 6.51. The van der Waals surface area contributed by atoms with Gasteiger partial charge in [-0.05, 0) is 25.0 Å². The van der Waals surface area contributed by atoms with Crippen LogP contribution >= 0.6 is 0 Å². The van der Waals surface area contributed by atoms with Gasteiger partial charge in [-0.15, -0.1) is 0 Å². The Hall–Kier alpha value is -1.78. The number of para-hydroxylation sites is 1. The summed E-state index contributed by atoms with van der Waals surface area (Å²) in [5.41, 5.74) is 0. The molecule has 2 saturated heterocycles. The molecule has 0 bridgehead atoms. The summed E-state index contributed by atoms with van der Waals surface area (Å²) in [7, 11) is -4.01. The number of hydrogen-bond acceptors (Lipinski definition) is 5. The summed E-state index contributed by atoms with van der Waals surface area (Å²) in [5, 5.41) is 2.99. The molecule has 3 rings (SSSR count). The minimum absolute atomic E-state index is 0.0538. The maximum atomic E-state index is 13.0. The molecule has 10 heteroatoms. The fourth-order valence-electron chi connectivity index (χ4n) is 3.40. The molecule has 1 atom stereocenters. The molecule has 144 valence electrons. The van der Waals surface area contributed by atoms with Crippen LogP contribution in [0, 0.1) is 0 Å². The molecule has 0 saturated carbocycles. The number of nitrogens with zero attached hydrogens (tertiary/aromatic N) is 2. The maximum Gasteiger partial charge on any atom is 0.387 e. The molecule has 0 aromatic heterocycles. The van der Waals surface area contributed by atoms with E-state index in [2.05, 4.69) is 10.1 Å². The van der Waals surface area contributed by atoms with E-state index in [4.69, 9.17) is 0 Å². The maximum absolute atomic E-state index is 13.0. The first-order valence-electron chi connectivity index (χ1n) is 8.44. The Labute approximate surface area is 151 Å². The molecule has 2 heterocycles. The van der Waals surface area contributed by atoms with Crippen molar-refractivity contribution in [3.8, 4) is 5.75 Å². The van der Waals surface area contributed by atoms with Gasteiger partial charge in [0.25, 0.3) is 0 Å². The van der Waals surface area contributed by atoms with Crippen molar-refractivity contribution in [2.75, 3.05) is 32.7 Å². The first-order valence-corrected chi connectivity index (χ1v) is 9.88. The number of ether oxygens (including phenoxy) is 1. The molecule has 7 nitrogen and oxygen atoms in total. The minimum atomic E-state index is -4.01. The predicted octanol–water partition coefficient (Wildman–Crippen LogP) is 0.873.